The number of ketones is 3. The highest BCUT2D eigenvalue weighted by Gasteiger charge is 2.56. The maximum absolute atomic E-state index is 13.9. The van der Waals surface area contributed by atoms with Gasteiger partial charge >= 0.3 is 0 Å². The molecule has 3 aromatic rings. The average Bonchev–Trinajstić information content (AvgIpc) is 3.54. The first-order valence-corrected chi connectivity index (χ1v) is 13.0. The van der Waals surface area contributed by atoms with Gasteiger partial charge in [0.1, 0.15) is 34.0 Å². The number of benzene rings is 2. The van der Waals surface area contributed by atoms with Gasteiger partial charge in [0.2, 0.25) is 11.7 Å². The molecule has 12 heteroatoms. The number of fused-ring (bicyclic) bond motifs is 3. The molecule has 218 valence electrons. The summed E-state index contributed by atoms with van der Waals surface area (Å²) in [6.07, 6.45) is 1.46. The molecule has 2 aromatic carbocycles. The molecule has 1 aliphatic heterocycles. The van der Waals surface area contributed by atoms with Crippen LogP contribution in [0.25, 0.3) is 11.4 Å². The second-order valence-corrected chi connectivity index (χ2v) is 10.1. The van der Waals surface area contributed by atoms with Crippen molar-refractivity contribution in [2.24, 2.45) is 0 Å². The molecule has 3 N–H and O–H groups in total. The highest BCUT2D eigenvalue weighted by molar-refractivity contribution is 6.31. The molecular formula is C30H29N3O9. The lowest BCUT2D eigenvalue weighted by Crippen LogP contribution is -2.41. The smallest absolute Gasteiger partial charge is 0.228 e. The summed E-state index contributed by atoms with van der Waals surface area (Å²) in [4.78, 5) is 43.8. The number of carbonyl (C=O) groups is 3. The summed E-state index contributed by atoms with van der Waals surface area (Å²) >= 11 is 0. The van der Waals surface area contributed by atoms with E-state index < -0.39 is 28.5 Å². The number of aromatic hydroxyl groups is 2. The highest BCUT2D eigenvalue weighted by Crippen LogP contribution is 2.57. The van der Waals surface area contributed by atoms with Gasteiger partial charge in [-0.3, -0.25) is 14.4 Å². The molecule has 0 radical (unpaired) electrons. The van der Waals surface area contributed by atoms with E-state index in [1.165, 1.54) is 34.0 Å². The molecule has 0 amide bonds. The summed E-state index contributed by atoms with van der Waals surface area (Å²) in [5, 5.41) is 28.5. The molecule has 42 heavy (non-hydrogen) atoms. The van der Waals surface area contributed by atoms with Gasteiger partial charge in [0.15, 0.2) is 28.8 Å². The number of ether oxygens (including phenoxy) is 3. The molecule has 0 saturated heterocycles. The third kappa shape index (κ3) is 4.26. The van der Waals surface area contributed by atoms with Crippen molar-refractivity contribution in [2.75, 3.05) is 20.8 Å². The fourth-order valence-corrected chi connectivity index (χ4v) is 5.26. The molecular weight excluding hydrogens is 546 g/mol. The summed E-state index contributed by atoms with van der Waals surface area (Å²) < 4.78 is 21.7. The number of phenolic OH excluding ortho intramolecular Hbond substituents is 2. The molecule has 2 heterocycles. The third-order valence-corrected chi connectivity index (χ3v) is 7.60. The van der Waals surface area contributed by atoms with E-state index in [2.05, 4.69) is 15.5 Å². The summed E-state index contributed by atoms with van der Waals surface area (Å²) in [5.41, 5.74) is -0.839. The summed E-state index contributed by atoms with van der Waals surface area (Å²) in [7, 11) is 3.07. The van der Waals surface area contributed by atoms with Crippen molar-refractivity contribution >= 4 is 17.3 Å². The average molecular weight is 576 g/mol. The number of phenols is 2. The molecule has 1 atom stereocenters. The predicted octanol–water partition coefficient (Wildman–Crippen LogP) is 3.47. The Labute approximate surface area is 240 Å². The van der Waals surface area contributed by atoms with Crippen LogP contribution in [0.1, 0.15) is 48.1 Å². The number of aromatic nitrogens is 2. The topological polar surface area (TPSA) is 170 Å². The molecule has 0 fully saturated rings. The van der Waals surface area contributed by atoms with Crippen LogP contribution >= 0.6 is 0 Å². The van der Waals surface area contributed by atoms with Crippen LogP contribution in [0.2, 0.25) is 0 Å². The van der Waals surface area contributed by atoms with E-state index in [1.54, 1.807) is 32.2 Å². The number of rotatable bonds is 8. The van der Waals surface area contributed by atoms with Crippen molar-refractivity contribution in [3.8, 4) is 40.1 Å². The largest absolute Gasteiger partial charge is 0.507 e. The quantitative estimate of drug-likeness (QED) is 0.203. The minimum Gasteiger partial charge on any atom is -0.507 e. The normalized spacial score (nSPS) is 18.6. The standard InChI is InChI=1S/C30H29N3O9/c1-13-25(36)23(15(3)34)27-24(26(13)37)30(4)20(41-27)12-17(35)22(28(30)38)14(2)31-10-9-21-32-29(33-42-21)16-7-8-18(39-5)19(11-16)40-6/h7-8,11-12,31,36-37H,9-10H2,1-6H3/t30-/m0/s1. The van der Waals surface area contributed by atoms with Gasteiger partial charge in [-0.1, -0.05) is 5.16 Å². The second-order valence-electron chi connectivity index (χ2n) is 10.1. The summed E-state index contributed by atoms with van der Waals surface area (Å²) in [5.74, 6) is -0.935. The van der Waals surface area contributed by atoms with E-state index in [-0.39, 0.29) is 46.1 Å². The van der Waals surface area contributed by atoms with Crippen molar-refractivity contribution in [1.82, 2.24) is 15.5 Å². The molecule has 2 aliphatic rings. The fraction of sp³-hybridized carbons (Fsp3) is 0.300. The van der Waals surface area contributed by atoms with Gasteiger partial charge in [-0.05, 0) is 45.9 Å². The zero-order valence-electron chi connectivity index (χ0n) is 23.9. The Morgan fingerprint density at radius 1 is 1.10 bits per heavy atom. The SMILES string of the molecule is COc1ccc(-c2noc(CCNC(C)=C3C(=O)C=C4Oc5c(C(C)=O)c(O)c(C)c(O)c5[C@@]4(C)C3=O)n2)cc1OC. The summed E-state index contributed by atoms with van der Waals surface area (Å²) in [6, 6.07) is 5.24. The van der Waals surface area contributed by atoms with Crippen molar-refractivity contribution < 1.29 is 43.3 Å². The van der Waals surface area contributed by atoms with Crippen molar-refractivity contribution in [3.63, 3.8) is 0 Å². The van der Waals surface area contributed by atoms with Crippen LogP contribution in [0.15, 0.2) is 45.8 Å². The molecule has 0 saturated carbocycles. The van der Waals surface area contributed by atoms with Crippen LogP contribution in [0.4, 0.5) is 0 Å². The molecule has 1 aliphatic carbocycles. The van der Waals surface area contributed by atoms with Gasteiger partial charge in [-0.25, -0.2) is 0 Å². The maximum Gasteiger partial charge on any atom is 0.228 e. The van der Waals surface area contributed by atoms with Crippen LogP contribution in [0, 0.1) is 6.92 Å². The minimum absolute atomic E-state index is 0.0274. The Hall–Kier alpha value is -5.13. The molecule has 0 bridgehead atoms. The van der Waals surface area contributed by atoms with Gasteiger partial charge < -0.3 is 34.3 Å². The number of hydrogen-bond acceptors (Lipinski definition) is 12. The van der Waals surface area contributed by atoms with E-state index in [9.17, 15) is 24.6 Å². The van der Waals surface area contributed by atoms with Gasteiger partial charge in [0, 0.05) is 35.9 Å². The lowest BCUT2D eigenvalue weighted by Gasteiger charge is -2.29. The van der Waals surface area contributed by atoms with Crippen molar-refractivity contribution in [1.29, 1.82) is 0 Å². The Morgan fingerprint density at radius 3 is 2.48 bits per heavy atom. The Bertz CT molecular complexity index is 1730. The maximum atomic E-state index is 13.9. The fourth-order valence-electron chi connectivity index (χ4n) is 5.26. The van der Waals surface area contributed by atoms with Gasteiger partial charge in [-0.15, -0.1) is 0 Å². The van der Waals surface area contributed by atoms with E-state index in [4.69, 9.17) is 18.7 Å². The number of carbonyl (C=O) groups excluding carboxylic acids is 3. The zero-order chi connectivity index (χ0) is 30.5. The van der Waals surface area contributed by atoms with Crippen LogP contribution < -0.4 is 19.5 Å². The predicted molar refractivity (Wildman–Crippen MR) is 148 cm³/mol. The van der Waals surface area contributed by atoms with Gasteiger partial charge in [0.25, 0.3) is 0 Å². The number of Topliss-reactive ketones (excluding diaryl/α,β-unsaturated/α-hetero) is 2. The lowest BCUT2D eigenvalue weighted by atomic mass is 9.70. The highest BCUT2D eigenvalue weighted by atomic mass is 16.5. The molecule has 5 rings (SSSR count). The minimum atomic E-state index is -1.59. The van der Waals surface area contributed by atoms with Crippen LogP contribution in [0.3, 0.4) is 0 Å². The molecule has 12 nitrogen and oxygen atoms in total. The first kappa shape index (κ1) is 28.4. The Kier molecular flexibility index (Phi) is 7.01. The van der Waals surface area contributed by atoms with Crippen molar-refractivity contribution in [3.05, 3.63) is 63.9 Å². The molecule has 1 aromatic heterocycles. The third-order valence-electron chi connectivity index (χ3n) is 7.60. The van der Waals surface area contributed by atoms with Crippen LogP contribution in [0.5, 0.6) is 28.7 Å². The number of nitrogens with one attached hydrogen (secondary N) is 1. The first-order valence-electron chi connectivity index (χ1n) is 13.0. The van der Waals surface area contributed by atoms with E-state index in [0.29, 0.717) is 40.9 Å². The molecule has 0 unspecified atom stereocenters. The number of allylic oxidation sites excluding steroid dienone is 4. The zero-order valence-corrected chi connectivity index (χ0v) is 23.9. The van der Waals surface area contributed by atoms with Gasteiger partial charge in [0.05, 0.1) is 25.4 Å². The van der Waals surface area contributed by atoms with Gasteiger partial charge in [-0.2, -0.15) is 4.98 Å². The number of nitrogens with zero attached hydrogens (tertiary/aromatic N) is 2. The summed E-state index contributed by atoms with van der Waals surface area (Å²) in [6.45, 7) is 6.03. The Balaban J connectivity index is 1.39. The van der Waals surface area contributed by atoms with E-state index >= 15 is 0 Å². The van der Waals surface area contributed by atoms with Crippen LogP contribution in [-0.4, -0.2) is 58.5 Å². The lowest BCUT2D eigenvalue weighted by molar-refractivity contribution is -0.123. The Morgan fingerprint density at radius 2 is 1.81 bits per heavy atom. The van der Waals surface area contributed by atoms with Crippen LogP contribution in [-0.2, 0) is 21.4 Å². The van der Waals surface area contributed by atoms with Crippen molar-refractivity contribution in [2.45, 2.75) is 39.5 Å². The van der Waals surface area contributed by atoms with E-state index in [0.717, 1.165) is 0 Å². The first-order chi connectivity index (χ1) is 19.9. The monoisotopic (exact) mass is 575 g/mol. The molecule has 0 spiro atoms. The number of hydrogen-bond donors (Lipinski definition) is 3. The second kappa shape index (κ2) is 10.4. The number of methoxy groups -OCH3 is 2. The van der Waals surface area contributed by atoms with E-state index in [1.807, 2.05) is 0 Å².